The summed E-state index contributed by atoms with van der Waals surface area (Å²) in [5, 5.41) is 81.6. The van der Waals surface area contributed by atoms with Crippen molar-refractivity contribution in [2.45, 2.75) is 68.5 Å². The second-order valence-electron chi connectivity index (χ2n) is 10.3. The van der Waals surface area contributed by atoms with Crippen LogP contribution in [0.4, 0.5) is 0 Å². The molecule has 0 bridgehead atoms. The maximum absolute atomic E-state index is 13.2. The highest BCUT2D eigenvalue weighted by molar-refractivity contribution is 5.88. The standard InChI is InChI=1S/C28H32O14/c1-10-23(33)14(32)8-18(39-10)21-13(31)7-19-22(25(21)35)12(30)6-16(40-19)11-3-4-15(38-2)17(5-11)41-28-27(37)26(36)24(34)20(9-29)42-28/h3-7,10,14,18,20,23-24,26-29,31-37H,8-9H2,1-2H3. The lowest BCUT2D eigenvalue weighted by molar-refractivity contribution is -0.277. The monoisotopic (exact) mass is 592 g/mol. The summed E-state index contributed by atoms with van der Waals surface area (Å²) in [5.41, 5.74) is -0.673. The van der Waals surface area contributed by atoms with Gasteiger partial charge in [-0.15, -0.1) is 0 Å². The minimum absolute atomic E-state index is 0.00133. The molecular weight excluding hydrogens is 560 g/mol. The van der Waals surface area contributed by atoms with Gasteiger partial charge in [-0.1, -0.05) is 0 Å². The molecule has 2 aliphatic rings. The molecule has 0 spiro atoms. The third-order valence-electron chi connectivity index (χ3n) is 7.58. The van der Waals surface area contributed by atoms with Crippen molar-refractivity contribution in [1.82, 2.24) is 0 Å². The molecule has 14 nitrogen and oxygen atoms in total. The Morgan fingerprint density at radius 1 is 0.929 bits per heavy atom. The van der Waals surface area contributed by atoms with Crippen molar-refractivity contribution < 1.29 is 64.2 Å². The average Bonchev–Trinajstić information content (AvgIpc) is 2.95. The highest BCUT2D eigenvalue weighted by Gasteiger charge is 2.45. The number of hydrogen-bond donors (Lipinski definition) is 8. The zero-order chi connectivity index (χ0) is 30.5. The minimum atomic E-state index is -1.68. The summed E-state index contributed by atoms with van der Waals surface area (Å²) in [6.07, 6.45) is -11.9. The molecule has 1 aromatic heterocycles. The van der Waals surface area contributed by atoms with Crippen LogP contribution in [-0.4, -0.2) is 104 Å². The lowest BCUT2D eigenvalue weighted by Gasteiger charge is -2.39. The van der Waals surface area contributed by atoms with Gasteiger partial charge in [0.2, 0.25) is 6.29 Å². The molecule has 2 aliphatic heterocycles. The Morgan fingerprint density at radius 3 is 2.33 bits per heavy atom. The molecule has 2 saturated heterocycles. The average molecular weight is 593 g/mol. The van der Waals surface area contributed by atoms with Gasteiger partial charge in [0.25, 0.3) is 0 Å². The predicted octanol–water partition coefficient (Wildman–Crippen LogP) is -0.370. The first-order chi connectivity index (χ1) is 19.9. The van der Waals surface area contributed by atoms with Crippen molar-refractivity contribution >= 4 is 11.0 Å². The summed E-state index contributed by atoms with van der Waals surface area (Å²) in [7, 11) is 1.35. The van der Waals surface area contributed by atoms with Crippen LogP contribution in [0.2, 0.25) is 0 Å². The lowest BCUT2D eigenvalue weighted by Crippen LogP contribution is -2.60. The molecule has 9 unspecified atom stereocenters. The van der Waals surface area contributed by atoms with E-state index in [1.165, 1.54) is 32.2 Å². The number of phenols is 2. The fraction of sp³-hybridized carbons (Fsp3) is 0.464. The summed E-state index contributed by atoms with van der Waals surface area (Å²) in [4.78, 5) is 13.2. The van der Waals surface area contributed by atoms with E-state index in [1.807, 2.05) is 0 Å². The molecule has 3 heterocycles. The van der Waals surface area contributed by atoms with Crippen LogP contribution in [0, 0.1) is 0 Å². The number of aromatic hydroxyl groups is 2. The number of aliphatic hydroxyl groups is 6. The van der Waals surface area contributed by atoms with E-state index in [9.17, 15) is 45.6 Å². The summed E-state index contributed by atoms with van der Waals surface area (Å²) in [6.45, 7) is 0.875. The molecule has 5 rings (SSSR count). The van der Waals surface area contributed by atoms with Crippen molar-refractivity contribution in [3.05, 3.63) is 46.1 Å². The molecule has 8 N–H and O–H groups in total. The number of fused-ring (bicyclic) bond motifs is 1. The van der Waals surface area contributed by atoms with Crippen LogP contribution in [-0.2, 0) is 9.47 Å². The van der Waals surface area contributed by atoms with Crippen LogP contribution in [0.3, 0.4) is 0 Å². The fourth-order valence-corrected chi connectivity index (χ4v) is 5.23. The smallest absolute Gasteiger partial charge is 0.229 e. The molecule has 228 valence electrons. The highest BCUT2D eigenvalue weighted by Crippen LogP contribution is 2.45. The minimum Gasteiger partial charge on any atom is -0.507 e. The first-order valence-corrected chi connectivity index (χ1v) is 13.1. The summed E-state index contributed by atoms with van der Waals surface area (Å²) < 4.78 is 28.0. The Bertz CT molecular complexity index is 1490. The van der Waals surface area contributed by atoms with Gasteiger partial charge in [-0.05, 0) is 25.1 Å². The van der Waals surface area contributed by atoms with E-state index in [0.717, 1.165) is 12.1 Å². The Hall–Kier alpha value is -3.47. The van der Waals surface area contributed by atoms with E-state index < -0.39 is 78.7 Å². The van der Waals surface area contributed by atoms with Gasteiger partial charge >= 0.3 is 0 Å². The van der Waals surface area contributed by atoms with Crippen LogP contribution < -0.4 is 14.9 Å². The largest absolute Gasteiger partial charge is 0.507 e. The molecule has 9 atom stereocenters. The number of hydrogen-bond acceptors (Lipinski definition) is 14. The molecule has 0 radical (unpaired) electrons. The zero-order valence-corrected chi connectivity index (χ0v) is 22.5. The third kappa shape index (κ3) is 5.27. The van der Waals surface area contributed by atoms with Crippen molar-refractivity contribution in [2.75, 3.05) is 13.7 Å². The first kappa shape index (κ1) is 30.0. The Balaban J connectivity index is 1.51. The number of ether oxygens (including phenoxy) is 4. The molecular formula is C28H32O14. The van der Waals surface area contributed by atoms with Crippen LogP contribution >= 0.6 is 0 Å². The Labute approximate surface area is 238 Å². The molecule has 14 heteroatoms. The second kappa shape index (κ2) is 11.7. The van der Waals surface area contributed by atoms with Gasteiger partial charge in [-0.25, -0.2) is 0 Å². The van der Waals surface area contributed by atoms with Gasteiger partial charge in [0.15, 0.2) is 16.9 Å². The van der Waals surface area contributed by atoms with Gasteiger partial charge in [-0.3, -0.25) is 4.79 Å². The molecule has 2 aromatic carbocycles. The molecule has 0 aliphatic carbocycles. The maximum atomic E-state index is 13.2. The first-order valence-electron chi connectivity index (χ1n) is 13.1. The van der Waals surface area contributed by atoms with E-state index >= 15 is 0 Å². The van der Waals surface area contributed by atoms with Crippen molar-refractivity contribution in [3.8, 4) is 34.3 Å². The molecule has 0 amide bonds. The van der Waals surface area contributed by atoms with Gasteiger partial charge in [0.05, 0.1) is 37.6 Å². The Kier molecular flexibility index (Phi) is 8.33. The maximum Gasteiger partial charge on any atom is 0.229 e. The van der Waals surface area contributed by atoms with Gasteiger partial charge < -0.3 is 64.2 Å². The van der Waals surface area contributed by atoms with Crippen LogP contribution in [0.25, 0.3) is 22.3 Å². The van der Waals surface area contributed by atoms with Gasteiger partial charge in [0.1, 0.15) is 58.7 Å². The predicted molar refractivity (Wildman–Crippen MR) is 142 cm³/mol. The van der Waals surface area contributed by atoms with Crippen LogP contribution in [0.15, 0.2) is 39.5 Å². The van der Waals surface area contributed by atoms with Crippen LogP contribution in [0.5, 0.6) is 23.0 Å². The van der Waals surface area contributed by atoms with E-state index in [2.05, 4.69) is 0 Å². The third-order valence-corrected chi connectivity index (χ3v) is 7.58. The van der Waals surface area contributed by atoms with E-state index in [1.54, 1.807) is 0 Å². The molecule has 2 fully saturated rings. The van der Waals surface area contributed by atoms with E-state index in [0.29, 0.717) is 0 Å². The quantitative estimate of drug-likeness (QED) is 0.183. The topological polar surface area (TPSA) is 229 Å². The number of methoxy groups -OCH3 is 1. The number of benzene rings is 2. The van der Waals surface area contributed by atoms with Crippen molar-refractivity contribution in [2.24, 2.45) is 0 Å². The molecule has 0 saturated carbocycles. The van der Waals surface area contributed by atoms with Crippen LogP contribution in [0.1, 0.15) is 25.0 Å². The molecule has 3 aromatic rings. The fourth-order valence-electron chi connectivity index (χ4n) is 5.23. The van der Waals surface area contributed by atoms with E-state index in [4.69, 9.17) is 23.4 Å². The van der Waals surface area contributed by atoms with Crippen molar-refractivity contribution in [1.29, 1.82) is 0 Å². The summed E-state index contributed by atoms with van der Waals surface area (Å²) in [5.74, 6) is -0.878. The Morgan fingerprint density at radius 2 is 1.67 bits per heavy atom. The van der Waals surface area contributed by atoms with Gasteiger partial charge in [-0.2, -0.15) is 0 Å². The second-order valence-corrected chi connectivity index (χ2v) is 10.3. The molecule has 42 heavy (non-hydrogen) atoms. The SMILES string of the molecule is COc1ccc(-c2cc(=O)c3c(O)c(C4CC(O)C(O)C(C)O4)c(O)cc3o2)cc1OC1OC(CO)C(O)C(O)C1O. The van der Waals surface area contributed by atoms with Gasteiger partial charge in [0, 0.05) is 24.1 Å². The number of aliphatic hydroxyl groups excluding tert-OH is 6. The lowest BCUT2D eigenvalue weighted by atomic mass is 9.92. The normalized spacial score (nSPS) is 31.7. The zero-order valence-electron chi connectivity index (χ0n) is 22.5. The van der Waals surface area contributed by atoms with E-state index in [-0.39, 0.29) is 45.8 Å². The van der Waals surface area contributed by atoms with Crippen molar-refractivity contribution in [3.63, 3.8) is 0 Å². The summed E-state index contributed by atoms with van der Waals surface area (Å²) in [6, 6.07) is 6.63. The summed E-state index contributed by atoms with van der Waals surface area (Å²) >= 11 is 0. The number of phenolic OH excluding ortho intramolecular Hbond substituents is 2. The number of rotatable bonds is 6. The highest BCUT2D eigenvalue weighted by atomic mass is 16.7.